The van der Waals surface area contributed by atoms with Gasteiger partial charge in [0.1, 0.15) is 0 Å². The van der Waals surface area contributed by atoms with E-state index in [0.29, 0.717) is 12.3 Å². The lowest BCUT2D eigenvalue weighted by Crippen LogP contribution is -2.62. The van der Waals surface area contributed by atoms with Gasteiger partial charge in [-0.25, -0.2) is 0 Å². The van der Waals surface area contributed by atoms with E-state index in [4.69, 9.17) is 0 Å². The van der Waals surface area contributed by atoms with Gasteiger partial charge in [-0.3, -0.25) is 0 Å². The Morgan fingerprint density at radius 2 is 1.83 bits per heavy atom. The van der Waals surface area contributed by atoms with Crippen LogP contribution in [0.5, 0.6) is 0 Å². The maximum absolute atomic E-state index is 10.8. The van der Waals surface area contributed by atoms with Gasteiger partial charge < -0.3 is 20.4 Å². The maximum Gasteiger partial charge on any atom is 0.0940 e. The molecular formula is C20H32O4. The third-order valence-corrected chi connectivity index (χ3v) is 8.93. The number of aliphatic hydroxyl groups excluding tert-OH is 3. The number of hydrogen-bond donors (Lipinski definition) is 4. The molecule has 7 atom stereocenters. The van der Waals surface area contributed by atoms with Crippen LogP contribution in [0.25, 0.3) is 0 Å². The van der Waals surface area contributed by atoms with Crippen molar-refractivity contribution in [2.24, 2.45) is 28.1 Å². The van der Waals surface area contributed by atoms with Crippen molar-refractivity contribution in [2.75, 3.05) is 13.2 Å². The first-order valence-corrected chi connectivity index (χ1v) is 9.59. The fourth-order valence-corrected chi connectivity index (χ4v) is 7.23. The van der Waals surface area contributed by atoms with E-state index >= 15 is 0 Å². The summed E-state index contributed by atoms with van der Waals surface area (Å²) in [6.07, 6.45) is 8.05. The van der Waals surface area contributed by atoms with Crippen LogP contribution in [0.3, 0.4) is 0 Å². The SMILES string of the molecule is CC1(CO)C(O)CCC2(C)C1CCC1=CC3CC12CCC3(O)CO. The van der Waals surface area contributed by atoms with Crippen molar-refractivity contribution in [2.45, 2.75) is 70.5 Å². The normalized spacial score (nSPS) is 56.4. The Balaban J connectivity index is 1.77. The fraction of sp³-hybridized carbons (Fsp3) is 0.900. The molecule has 4 heteroatoms. The number of rotatable bonds is 2. The number of hydrogen-bond acceptors (Lipinski definition) is 4. The first-order chi connectivity index (χ1) is 11.3. The number of fused-ring (bicyclic) bond motifs is 2. The van der Waals surface area contributed by atoms with Crippen LogP contribution in [0.1, 0.15) is 58.8 Å². The Hall–Kier alpha value is -0.420. The van der Waals surface area contributed by atoms with Crippen LogP contribution >= 0.6 is 0 Å². The van der Waals surface area contributed by atoms with E-state index in [1.54, 1.807) is 0 Å². The minimum atomic E-state index is -0.962. The second-order valence-corrected chi connectivity index (χ2v) is 9.57. The lowest BCUT2D eigenvalue weighted by atomic mass is 9.39. The van der Waals surface area contributed by atoms with Crippen molar-refractivity contribution in [3.05, 3.63) is 11.6 Å². The molecule has 4 nitrogen and oxygen atoms in total. The molecule has 3 fully saturated rings. The molecule has 2 bridgehead atoms. The quantitative estimate of drug-likeness (QED) is 0.582. The van der Waals surface area contributed by atoms with Crippen LogP contribution in [0, 0.1) is 28.1 Å². The third kappa shape index (κ3) is 1.78. The van der Waals surface area contributed by atoms with Gasteiger partial charge in [0.15, 0.2) is 0 Å². The summed E-state index contributed by atoms with van der Waals surface area (Å²) in [7, 11) is 0. The summed E-state index contributed by atoms with van der Waals surface area (Å²) in [5.41, 5.74) is 0.219. The Morgan fingerprint density at radius 3 is 2.50 bits per heavy atom. The molecule has 0 heterocycles. The van der Waals surface area contributed by atoms with Crippen LogP contribution in [-0.2, 0) is 0 Å². The zero-order valence-electron chi connectivity index (χ0n) is 15.0. The van der Waals surface area contributed by atoms with Gasteiger partial charge in [0.25, 0.3) is 0 Å². The van der Waals surface area contributed by atoms with Gasteiger partial charge >= 0.3 is 0 Å². The lowest BCUT2D eigenvalue weighted by molar-refractivity contribution is -0.194. The van der Waals surface area contributed by atoms with Gasteiger partial charge in [-0.1, -0.05) is 25.5 Å². The van der Waals surface area contributed by atoms with Crippen LogP contribution in [0.2, 0.25) is 0 Å². The van der Waals surface area contributed by atoms with Gasteiger partial charge in [-0.15, -0.1) is 0 Å². The highest BCUT2D eigenvalue weighted by Crippen LogP contribution is 2.73. The van der Waals surface area contributed by atoms with Crippen molar-refractivity contribution >= 4 is 0 Å². The third-order valence-electron chi connectivity index (χ3n) is 8.93. The molecule has 0 saturated heterocycles. The smallest absolute Gasteiger partial charge is 0.0940 e. The van der Waals surface area contributed by atoms with Crippen LogP contribution in [-0.4, -0.2) is 45.3 Å². The average Bonchev–Trinajstić information content (AvgIpc) is 2.93. The Bertz CT molecular complexity index is 574. The van der Waals surface area contributed by atoms with E-state index in [9.17, 15) is 20.4 Å². The molecule has 0 radical (unpaired) electrons. The summed E-state index contributed by atoms with van der Waals surface area (Å²) in [5, 5.41) is 41.2. The number of aliphatic hydroxyl groups is 4. The first kappa shape index (κ1) is 17.0. The molecule has 0 aromatic carbocycles. The van der Waals surface area contributed by atoms with Gasteiger partial charge in [0.05, 0.1) is 24.9 Å². The molecule has 4 aliphatic rings. The molecule has 0 aromatic rings. The van der Waals surface area contributed by atoms with E-state index in [2.05, 4.69) is 19.9 Å². The molecule has 0 aliphatic heterocycles. The van der Waals surface area contributed by atoms with E-state index in [-0.39, 0.29) is 30.0 Å². The van der Waals surface area contributed by atoms with Crippen molar-refractivity contribution < 1.29 is 20.4 Å². The van der Waals surface area contributed by atoms with Gasteiger partial charge in [-0.05, 0) is 61.7 Å². The van der Waals surface area contributed by atoms with E-state index in [1.807, 2.05) is 0 Å². The lowest BCUT2D eigenvalue weighted by Gasteiger charge is -2.65. The molecule has 4 rings (SSSR count). The van der Waals surface area contributed by atoms with Gasteiger partial charge in [0, 0.05) is 11.3 Å². The van der Waals surface area contributed by atoms with Crippen molar-refractivity contribution in [1.29, 1.82) is 0 Å². The molecule has 4 N–H and O–H groups in total. The Morgan fingerprint density at radius 1 is 1.08 bits per heavy atom. The van der Waals surface area contributed by atoms with Crippen molar-refractivity contribution in [1.82, 2.24) is 0 Å². The minimum absolute atomic E-state index is 0.0353. The predicted octanol–water partition coefficient (Wildman–Crippen LogP) is 2.01. The number of allylic oxidation sites excluding steroid dienone is 1. The summed E-state index contributed by atoms with van der Waals surface area (Å²) in [6, 6.07) is 0. The molecule has 24 heavy (non-hydrogen) atoms. The highest BCUT2D eigenvalue weighted by Gasteiger charge is 2.67. The first-order valence-electron chi connectivity index (χ1n) is 9.59. The monoisotopic (exact) mass is 336 g/mol. The van der Waals surface area contributed by atoms with Crippen LogP contribution in [0.15, 0.2) is 11.6 Å². The van der Waals surface area contributed by atoms with Gasteiger partial charge in [0.2, 0.25) is 0 Å². The summed E-state index contributed by atoms with van der Waals surface area (Å²) >= 11 is 0. The molecule has 3 saturated carbocycles. The van der Waals surface area contributed by atoms with Gasteiger partial charge in [-0.2, -0.15) is 0 Å². The summed E-state index contributed by atoms with van der Waals surface area (Å²) in [5.74, 6) is 0.351. The second kappa shape index (κ2) is 5.06. The fourth-order valence-electron chi connectivity index (χ4n) is 7.23. The minimum Gasteiger partial charge on any atom is -0.396 e. The molecule has 0 amide bonds. The van der Waals surface area contributed by atoms with Crippen LogP contribution in [0.4, 0.5) is 0 Å². The largest absolute Gasteiger partial charge is 0.396 e. The summed E-state index contributed by atoms with van der Waals surface area (Å²) in [4.78, 5) is 0. The maximum atomic E-state index is 10.8. The van der Waals surface area contributed by atoms with E-state index < -0.39 is 17.1 Å². The summed E-state index contributed by atoms with van der Waals surface area (Å²) < 4.78 is 0. The topological polar surface area (TPSA) is 80.9 Å². The molecule has 4 aliphatic carbocycles. The van der Waals surface area contributed by atoms with E-state index in [0.717, 1.165) is 38.5 Å². The Labute approximate surface area is 144 Å². The predicted molar refractivity (Wildman–Crippen MR) is 91.2 cm³/mol. The van der Waals surface area contributed by atoms with Crippen molar-refractivity contribution in [3.8, 4) is 0 Å². The zero-order valence-corrected chi connectivity index (χ0v) is 15.0. The average molecular weight is 336 g/mol. The highest BCUT2D eigenvalue weighted by atomic mass is 16.3. The highest BCUT2D eigenvalue weighted by molar-refractivity contribution is 5.35. The molecule has 136 valence electrons. The zero-order chi connectivity index (χ0) is 17.4. The summed E-state index contributed by atoms with van der Waals surface area (Å²) in [6.45, 7) is 4.30. The molecular weight excluding hydrogens is 304 g/mol. The molecule has 7 unspecified atom stereocenters. The van der Waals surface area contributed by atoms with E-state index in [1.165, 1.54) is 5.57 Å². The Kier molecular flexibility index (Phi) is 3.59. The molecule has 1 spiro atoms. The van der Waals surface area contributed by atoms with Crippen LogP contribution < -0.4 is 0 Å². The second-order valence-electron chi connectivity index (χ2n) is 9.57. The standard InChI is InChI=1S/C20H32O4/c1-17(11-21)15-4-3-13-9-14-10-19(13,7-8-20(14,24)12-22)18(15,2)6-5-16(17)23/h9,14-16,21-24H,3-8,10-12H2,1-2H3. The van der Waals surface area contributed by atoms with Crippen molar-refractivity contribution in [3.63, 3.8) is 0 Å². The molecule has 0 aromatic heterocycles.